The smallest absolute Gasteiger partial charge is 0.279 e. The van der Waals surface area contributed by atoms with Gasteiger partial charge < -0.3 is 15.1 Å². The molecule has 6 heteroatoms. The van der Waals surface area contributed by atoms with Crippen LogP contribution in [-0.4, -0.2) is 43.4 Å². The largest absolute Gasteiger partial charge is 0.339 e. The van der Waals surface area contributed by atoms with Gasteiger partial charge in [0.2, 0.25) is 0 Å². The summed E-state index contributed by atoms with van der Waals surface area (Å²) in [6.45, 7) is 6.17. The molecule has 0 saturated heterocycles. The summed E-state index contributed by atoms with van der Waals surface area (Å²) in [6, 6.07) is 14.7. The fourth-order valence-electron chi connectivity index (χ4n) is 2.93. The predicted octanol–water partition coefficient (Wildman–Crippen LogP) is 2.48. The average Bonchev–Trinajstić information content (AvgIpc) is 2.64. The first-order valence-corrected chi connectivity index (χ1v) is 9.56. The second kappa shape index (κ2) is 10.1. The molecule has 0 aromatic heterocycles. The third kappa shape index (κ3) is 6.08. The minimum absolute atomic E-state index is 0.0300. The number of nitrogens with one attached hydrogen (secondary N) is 2. The molecule has 0 spiro atoms. The molecule has 5 nitrogen and oxygen atoms in total. The maximum atomic E-state index is 12.5. The highest BCUT2D eigenvalue weighted by Gasteiger charge is 2.15. The molecule has 2 aromatic rings. The van der Waals surface area contributed by atoms with Crippen LogP contribution in [0, 0.1) is 0 Å². The molecule has 0 bridgehead atoms. The molecule has 0 aliphatic heterocycles. The van der Waals surface area contributed by atoms with E-state index in [0.717, 1.165) is 10.5 Å². The van der Waals surface area contributed by atoms with E-state index in [-0.39, 0.29) is 11.8 Å². The number of hydrogen-bond donors (Lipinski definition) is 2. The lowest BCUT2D eigenvalue weighted by Crippen LogP contribution is -3.08. The molecule has 0 aliphatic carbocycles. The van der Waals surface area contributed by atoms with Crippen molar-refractivity contribution < 1.29 is 14.5 Å². The maximum absolute atomic E-state index is 12.5. The molecule has 2 aromatic carbocycles. The zero-order valence-corrected chi connectivity index (χ0v) is 16.8. The van der Waals surface area contributed by atoms with Crippen molar-refractivity contribution in [1.82, 2.24) is 4.90 Å². The Morgan fingerprint density at radius 2 is 1.78 bits per heavy atom. The molecule has 0 fully saturated rings. The van der Waals surface area contributed by atoms with Gasteiger partial charge in [-0.1, -0.05) is 35.9 Å². The molecule has 1 atom stereocenters. The van der Waals surface area contributed by atoms with Crippen LogP contribution >= 0.6 is 11.6 Å². The van der Waals surface area contributed by atoms with Gasteiger partial charge in [0.15, 0.2) is 6.54 Å². The van der Waals surface area contributed by atoms with Crippen molar-refractivity contribution >= 4 is 29.1 Å². The van der Waals surface area contributed by atoms with Gasteiger partial charge in [-0.3, -0.25) is 9.59 Å². The van der Waals surface area contributed by atoms with E-state index in [4.69, 9.17) is 11.6 Å². The number of nitrogens with zero attached hydrogens (tertiary/aromatic N) is 1. The highest BCUT2D eigenvalue weighted by molar-refractivity contribution is 6.31. The average molecular weight is 389 g/mol. The zero-order chi connectivity index (χ0) is 19.8. The van der Waals surface area contributed by atoms with E-state index in [0.29, 0.717) is 42.5 Å². The number of carbonyl (C=O) groups is 2. The molecule has 0 heterocycles. The third-order valence-corrected chi connectivity index (χ3v) is 4.73. The standard InChI is InChI=1S/C21H26ClN3O2/c1-4-25(5-2)21(27)16-10-8-11-18(13-16)23-20(26)15-24(3)14-17-9-6-7-12-19(17)22/h6-13H,4-5,14-15H2,1-3H3,(H,23,26)/p+1. The van der Waals surface area contributed by atoms with Crippen molar-refractivity contribution in [2.45, 2.75) is 20.4 Å². The van der Waals surface area contributed by atoms with Gasteiger partial charge in [-0.25, -0.2) is 0 Å². The molecule has 0 radical (unpaired) electrons. The molecular formula is C21H27ClN3O2+. The number of halogens is 1. The van der Waals surface area contributed by atoms with Crippen molar-refractivity contribution in [2.75, 3.05) is 32.0 Å². The molecule has 2 rings (SSSR count). The van der Waals surface area contributed by atoms with Crippen molar-refractivity contribution in [3.05, 3.63) is 64.7 Å². The van der Waals surface area contributed by atoms with Gasteiger partial charge in [-0.2, -0.15) is 0 Å². The predicted molar refractivity (Wildman–Crippen MR) is 109 cm³/mol. The number of rotatable bonds is 8. The van der Waals surface area contributed by atoms with Crippen molar-refractivity contribution in [2.24, 2.45) is 0 Å². The Bertz CT molecular complexity index is 791. The first kappa shape index (κ1) is 20.9. The molecule has 2 N–H and O–H groups in total. The van der Waals surface area contributed by atoms with Gasteiger partial charge in [0.25, 0.3) is 11.8 Å². The van der Waals surface area contributed by atoms with Crippen molar-refractivity contribution in [3.63, 3.8) is 0 Å². The number of hydrogen-bond acceptors (Lipinski definition) is 2. The van der Waals surface area contributed by atoms with Crippen LogP contribution in [0.15, 0.2) is 48.5 Å². The second-order valence-electron chi connectivity index (χ2n) is 6.51. The highest BCUT2D eigenvalue weighted by Crippen LogP contribution is 2.14. The summed E-state index contributed by atoms with van der Waals surface area (Å²) in [5.41, 5.74) is 2.22. The summed E-state index contributed by atoms with van der Waals surface area (Å²) in [5.74, 6) is -0.135. The monoisotopic (exact) mass is 388 g/mol. The Balaban J connectivity index is 1.96. The fourth-order valence-corrected chi connectivity index (χ4v) is 3.13. The van der Waals surface area contributed by atoms with Gasteiger partial charge >= 0.3 is 0 Å². The Morgan fingerprint density at radius 3 is 2.44 bits per heavy atom. The van der Waals surface area contributed by atoms with E-state index in [1.54, 1.807) is 29.2 Å². The fraction of sp³-hybridized carbons (Fsp3) is 0.333. The van der Waals surface area contributed by atoms with Crippen LogP contribution in [0.5, 0.6) is 0 Å². The van der Waals surface area contributed by atoms with Crippen molar-refractivity contribution in [1.29, 1.82) is 0 Å². The van der Waals surface area contributed by atoms with Gasteiger partial charge in [-0.05, 0) is 38.1 Å². The van der Waals surface area contributed by atoms with Crippen LogP contribution in [0.25, 0.3) is 0 Å². The Hall–Kier alpha value is -2.37. The Morgan fingerprint density at radius 1 is 1.07 bits per heavy atom. The van der Waals surface area contributed by atoms with E-state index in [1.165, 1.54) is 0 Å². The zero-order valence-electron chi connectivity index (χ0n) is 16.1. The summed E-state index contributed by atoms with van der Waals surface area (Å²) in [6.07, 6.45) is 0. The lowest BCUT2D eigenvalue weighted by molar-refractivity contribution is -0.885. The molecule has 27 heavy (non-hydrogen) atoms. The number of benzene rings is 2. The minimum atomic E-state index is -0.105. The van der Waals surface area contributed by atoms with Crippen molar-refractivity contribution in [3.8, 4) is 0 Å². The lowest BCUT2D eigenvalue weighted by Gasteiger charge is -2.19. The topological polar surface area (TPSA) is 53.9 Å². The lowest BCUT2D eigenvalue weighted by atomic mass is 10.1. The van der Waals surface area contributed by atoms with Gasteiger partial charge in [0.05, 0.1) is 7.05 Å². The summed E-state index contributed by atoms with van der Waals surface area (Å²) < 4.78 is 0. The Labute approximate surface area is 165 Å². The highest BCUT2D eigenvalue weighted by atomic mass is 35.5. The van der Waals surface area contributed by atoms with E-state index in [9.17, 15) is 9.59 Å². The number of likely N-dealkylation sites (N-methyl/N-ethyl adjacent to an activating group) is 1. The maximum Gasteiger partial charge on any atom is 0.279 e. The molecule has 0 saturated carbocycles. The van der Waals surface area contributed by atoms with E-state index in [2.05, 4.69) is 5.32 Å². The van der Waals surface area contributed by atoms with Crippen LogP contribution in [0.4, 0.5) is 5.69 Å². The quantitative estimate of drug-likeness (QED) is 0.730. The SMILES string of the molecule is CCN(CC)C(=O)c1cccc(NC(=O)C[NH+](C)Cc2ccccc2Cl)c1. The summed E-state index contributed by atoms with van der Waals surface area (Å²) >= 11 is 6.18. The van der Waals surface area contributed by atoms with Crippen LogP contribution < -0.4 is 10.2 Å². The third-order valence-electron chi connectivity index (χ3n) is 4.36. The van der Waals surface area contributed by atoms with Crippen LogP contribution in [0.2, 0.25) is 5.02 Å². The number of amides is 2. The molecule has 144 valence electrons. The number of quaternary nitrogens is 1. The molecule has 1 unspecified atom stereocenters. The summed E-state index contributed by atoms with van der Waals surface area (Å²) in [4.78, 5) is 27.6. The van der Waals surface area contributed by atoms with E-state index in [1.807, 2.05) is 45.2 Å². The first-order chi connectivity index (χ1) is 12.9. The van der Waals surface area contributed by atoms with Gasteiger partial charge in [0.1, 0.15) is 6.54 Å². The molecule has 0 aliphatic rings. The van der Waals surface area contributed by atoms with Crippen LogP contribution in [0.3, 0.4) is 0 Å². The van der Waals surface area contributed by atoms with Gasteiger partial charge in [-0.15, -0.1) is 0 Å². The van der Waals surface area contributed by atoms with E-state index < -0.39 is 0 Å². The van der Waals surface area contributed by atoms with Crippen LogP contribution in [-0.2, 0) is 11.3 Å². The normalized spacial score (nSPS) is 11.7. The minimum Gasteiger partial charge on any atom is -0.339 e. The van der Waals surface area contributed by atoms with E-state index >= 15 is 0 Å². The first-order valence-electron chi connectivity index (χ1n) is 9.18. The summed E-state index contributed by atoms with van der Waals surface area (Å²) in [7, 11) is 1.95. The number of carbonyl (C=O) groups excluding carboxylic acids is 2. The van der Waals surface area contributed by atoms with Crippen LogP contribution in [0.1, 0.15) is 29.8 Å². The summed E-state index contributed by atoms with van der Waals surface area (Å²) in [5, 5.41) is 3.59. The van der Waals surface area contributed by atoms with Gasteiger partial charge in [0, 0.05) is 34.9 Å². The second-order valence-corrected chi connectivity index (χ2v) is 6.92. The Kier molecular flexibility index (Phi) is 7.82. The molecular weight excluding hydrogens is 362 g/mol. The number of anilines is 1. The molecule has 2 amide bonds.